The lowest BCUT2D eigenvalue weighted by Gasteiger charge is -2.37. The van der Waals surface area contributed by atoms with Gasteiger partial charge < -0.3 is 14.0 Å². The molecule has 0 spiro atoms. The number of hydrogen-bond acceptors (Lipinski definition) is 5. The van der Waals surface area contributed by atoms with Crippen LogP contribution >= 0.6 is 12.2 Å². The van der Waals surface area contributed by atoms with E-state index in [1.54, 1.807) is 14.2 Å². The summed E-state index contributed by atoms with van der Waals surface area (Å²) in [5.41, 5.74) is 6.00. The Morgan fingerprint density at radius 3 is 2.34 bits per heavy atom. The van der Waals surface area contributed by atoms with Gasteiger partial charge in [0, 0.05) is 19.2 Å². The molecule has 1 aliphatic heterocycles. The number of fused-ring (bicyclic) bond motifs is 1. The van der Waals surface area contributed by atoms with Crippen molar-refractivity contribution in [2.75, 3.05) is 20.8 Å². The van der Waals surface area contributed by atoms with Crippen LogP contribution in [0.25, 0.3) is 11.4 Å². The van der Waals surface area contributed by atoms with Crippen LogP contribution in [0.15, 0.2) is 66.7 Å². The second kappa shape index (κ2) is 9.68. The molecule has 5 rings (SSSR count). The van der Waals surface area contributed by atoms with Crippen molar-refractivity contribution in [3.63, 3.8) is 0 Å². The molecule has 0 aliphatic carbocycles. The summed E-state index contributed by atoms with van der Waals surface area (Å²) in [4.78, 5) is 2.44. The van der Waals surface area contributed by atoms with E-state index >= 15 is 0 Å². The van der Waals surface area contributed by atoms with Crippen molar-refractivity contribution in [1.82, 2.24) is 19.2 Å². The van der Waals surface area contributed by atoms with E-state index in [1.165, 1.54) is 22.3 Å². The van der Waals surface area contributed by atoms with Gasteiger partial charge in [0.1, 0.15) is 0 Å². The summed E-state index contributed by atoms with van der Waals surface area (Å²) in [5.74, 6) is 2.38. The molecule has 0 saturated heterocycles. The van der Waals surface area contributed by atoms with Crippen LogP contribution in [0.5, 0.6) is 11.5 Å². The normalized spacial score (nSPS) is 15.6. The molecule has 6 nitrogen and oxygen atoms in total. The summed E-state index contributed by atoms with van der Waals surface area (Å²) in [6, 6.07) is 23.3. The van der Waals surface area contributed by atoms with E-state index in [9.17, 15) is 0 Å². The standard InChI is InChI=1S/C28H30N4O2S/c1-19-10-12-21(13-11-19)27-29-32(28(35)30(27)2)18-31-15-14-22-16-24(33-3)25(34-4)17-23(22)26(31)20-8-6-5-7-9-20/h5-13,16-17,26H,14-15,18H2,1-4H3/t26-/m1/s1. The topological polar surface area (TPSA) is 44.5 Å². The van der Waals surface area contributed by atoms with Crippen molar-refractivity contribution in [3.05, 3.63) is 93.8 Å². The zero-order valence-electron chi connectivity index (χ0n) is 20.6. The number of ether oxygens (including phenoxy) is 2. The van der Waals surface area contributed by atoms with Crippen LogP contribution in [0, 0.1) is 11.7 Å². The van der Waals surface area contributed by atoms with E-state index in [0.29, 0.717) is 11.4 Å². The highest BCUT2D eigenvalue weighted by Crippen LogP contribution is 2.41. The highest BCUT2D eigenvalue weighted by molar-refractivity contribution is 7.71. The van der Waals surface area contributed by atoms with Crippen molar-refractivity contribution in [2.24, 2.45) is 7.05 Å². The molecule has 1 atom stereocenters. The lowest BCUT2D eigenvalue weighted by molar-refractivity contribution is 0.154. The van der Waals surface area contributed by atoms with E-state index < -0.39 is 0 Å². The summed E-state index contributed by atoms with van der Waals surface area (Å²) in [5, 5.41) is 4.94. The molecule has 0 radical (unpaired) electrons. The quantitative estimate of drug-likeness (QED) is 0.335. The summed E-state index contributed by atoms with van der Waals surface area (Å²) < 4.78 is 15.9. The highest BCUT2D eigenvalue weighted by Gasteiger charge is 2.31. The molecule has 3 aromatic carbocycles. The van der Waals surface area contributed by atoms with E-state index in [2.05, 4.69) is 78.6 Å². The van der Waals surface area contributed by atoms with Gasteiger partial charge in [0.2, 0.25) is 0 Å². The molecule has 4 aromatic rings. The summed E-state index contributed by atoms with van der Waals surface area (Å²) in [6.45, 7) is 3.55. The minimum atomic E-state index is 0.0477. The molecule has 0 N–H and O–H groups in total. The Bertz CT molecular complexity index is 1390. The third kappa shape index (κ3) is 4.37. The molecule has 0 amide bonds. The first-order chi connectivity index (χ1) is 17.0. The SMILES string of the molecule is COc1cc2c(cc1OC)[C@@H](c1ccccc1)N(Cn1nc(-c3ccc(C)cc3)n(C)c1=S)CC2. The first-order valence-corrected chi connectivity index (χ1v) is 12.2. The van der Waals surface area contributed by atoms with Gasteiger partial charge in [-0.25, -0.2) is 4.68 Å². The Hall–Kier alpha value is -3.42. The predicted molar refractivity (Wildman–Crippen MR) is 140 cm³/mol. The average Bonchev–Trinajstić information content (AvgIpc) is 3.17. The second-order valence-electron chi connectivity index (χ2n) is 8.95. The van der Waals surface area contributed by atoms with Crippen LogP contribution in [0.1, 0.15) is 28.3 Å². The van der Waals surface area contributed by atoms with Gasteiger partial charge in [-0.15, -0.1) is 0 Å². The number of aromatic nitrogens is 3. The van der Waals surface area contributed by atoms with Gasteiger partial charge in [-0.2, -0.15) is 5.10 Å². The number of methoxy groups -OCH3 is 2. The Morgan fingerprint density at radius 2 is 1.66 bits per heavy atom. The molecule has 2 heterocycles. The summed E-state index contributed by atoms with van der Waals surface area (Å²) in [6.07, 6.45) is 0.907. The highest BCUT2D eigenvalue weighted by atomic mass is 32.1. The fraction of sp³-hybridized carbons (Fsp3) is 0.286. The molecule has 180 valence electrons. The largest absolute Gasteiger partial charge is 0.493 e. The van der Waals surface area contributed by atoms with Crippen molar-refractivity contribution in [3.8, 4) is 22.9 Å². The first-order valence-electron chi connectivity index (χ1n) is 11.7. The van der Waals surface area contributed by atoms with Crippen LogP contribution < -0.4 is 9.47 Å². The molecule has 7 heteroatoms. The van der Waals surface area contributed by atoms with E-state index in [0.717, 1.165) is 35.9 Å². The number of hydrogen-bond donors (Lipinski definition) is 0. The summed E-state index contributed by atoms with van der Waals surface area (Å²) >= 11 is 5.81. The van der Waals surface area contributed by atoms with Crippen LogP contribution in [-0.2, 0) is 20.1 Å². The number of aryl methyl sites for hydroxylation is 1. The van der Waals surface area contributed by atoms with Crippen LogP contribution in [0.2, 0.25) is 0 Å². The number of benzene rings is 3. The third-order valence-electron chi connectivity index (χ3n) is 6.76. The molecule has 35 heavy (non-hydrogen) atoms. The van der Waals surface area contributed by atoms with Gasteiger partial charge in [-0.05, 0) is 54.4 Å². The molecule has 0 fully saturated rings. The van der Waals surface area contributed by atoms with Crippen molar-refractivity contribution >= 4 is 12.2 Å². The fourth-order valence-electron chi connectivity index (χ4n) is 4.88. The lowest BCUT2D eigenvalue weighted by Crippen LogP contribution is -2.37. The number of rotatable bonds is 6. The lowest BCUT2D eigenvalue weighted by atomic mass is 9.88. The molecular formula is C28H30N4O2S. The van der Waals surface area contributed by atoms with Gasteiger partial charge in [-0.3, -0.25) is 4.90 Å². The van der Waals surface area contributed by atoms with E-state index in [1.807, 2.05) is 16.3 Å². The van der Waals surface area contributed by atoms with Crippen molar-refractivity contribution in [1.29, 1.82) is 0 Å². The smallest absolute Gasteiger partial charge is 0.199 e. The average molecular weight is 487 g/mol. The maximum atomic E-state index is 5.81. The van der Waals surface area contributed by atoms with Crippen LogP contribution in [-0.4, -0.2) is 40.0 Å². The third-order valence-corrected chi connectivity index (χ3v) is 7.24. The summed E-state index contributed by atoms with van der Waals surface area (Å²) in [7, 11) is 5.35. The minimum Gasteiger partial charge on any atom is -0.493 e. The van der Waals surface area contributed by atoms with Crippen molar-refractivity contribution < 1.29 is 9.47 Å². The van der Waals surface area contributed by atoms with Crippen LogP contribution in [0.4, 0.5) is 0 Å². The molecular weight excluding hydrogens is 456 g/mol. The van der Waals surface area contributed by atoms with Gasteiger partial charge >= 0.3 is 0 Å². The maximum Gasteiger partial charge on any atom is 0.199 e. The first kappa shape index (κ1) is 23.3. The zero-order valence-corrected chi connectivity index (χ0v) is 21.4. The van der Waals surface area contributed by atoms with Gasteiger partial charge in [-0.1, -0.05) is 60.2 Å². The van der Waals surface area contributed by atoms with Gasteiger partial charge in [0.25, 0.3) is 0 Å². The molecule has 0 unspecified atom stereocenters. The Balaban J connectivity index is 1.56. The molecule has 0 saturated carbocycles. The Labute approximate surface area is 211 Å². The Kier molecular flexibility index (Phi) is 6.45. The van der Waals surface area contributed by atoms with E-state index in [-0.39, 0.29) is 6.04 Å². The molecule has 1 aliphatic rings. The predicted octanol–water partition coefficient (Wildman–Crippen LogP) is 5.55. The Morgan fingerprint density at radius 1 is 0.971 bits per heavy atom. The molecule has 0 bridgehead atoms. The maximum absolute atomic E-state index is 5.81. The van der Waals surface area contributed by atoms with Crippen LogP contribution in [0.3, 0.4) is 0 Å². The van der Waals surface area contributed by atoms with Gasteiger partial charge in [0.05, 0.1) is 26.9 Å². The van der Waals surface area contributed by atoms with E-state index in [4.69, 9.17) is 26.8 Å². The minimum absolute atomic E-state index is 0.0477. The second-order valence-corrected chi connectivity index (χ2v) is 9.32. The monoisotopic (exact) mass is 486 g/mol. The zero-order chi connectivity index (χ0) is 24.5. The van der Waals surface area contributed by atoms with Crippen molar-refractivity contribution in [2.45, 2.75) is 26.1 Å². The fourth-order valence-corrected chi connectivity index (χ4v) is 5.07. The molecule has 1 aromatic heterocycles. The van der Waals surface area contributed by atoms with Gasteiger partial charge in [0.15, 0.2) is 22.1 Å². The number of nitrogens with zero attached hydrogens (tertiary/aromatic N) is 4.